The number of carbonyl (C=O) groups is 4. The number of hydrogen-bond donors (Lipinski definition) is 5. The Morgan fingerprint density at radius 2 is 1.53 bits per heavy atom. The smallest absolute Gasteiger partial charge is 0.408 e. The largest absolute Gasteiger partial charge is 0.480 e. The van der Waals surface area contributed by atoms with Crippen LogP contribution in [0.25, 0.3) is 0 Å². The maximum Gasteiger partial charge on any atom is 0.408 e. The molecule has 1 fully saturated rings. The van der Waals surface area contributed by atoms with Crippen LogP contribution in [0.15, 0.2) is 0 Å². The van der Waals surface area contributed by atoms with Crippen LogP contribution in [0.3, 0.4) is 0 Å². The molecule has 1 rings (SSSR count). The van der Waals surface area contributed by atoms with E-state index in [4.69, 9.17) is 9.84 Å². The number of carbonyl (C=O) groups excluding carboxylic acids is 3. The lowest BCUT2D eigenvalue weighted by Crippen LogP contribution is -2.52. The molecule has 0 radical (unpaired) electrons. The Balaban J connectivity index is 2.50. The number of aliphatic hydroxyl groups is 1. The van der Waals surface area contributed by atoms with Gasteiger partial charge in [0, 0.05) is 12.5 Å². The Bertz CT molecular complexity index is 665. The summed E-state index contributed by atoms with van der Waals surface area (Å²) in [6, 6.07) is -2.05. The van der Waals surface area contributed by atoms with E-state index < -0.39 is 35.9 Å². The molecule has 184 valence electrons. The molecule has 3 amide bonds. The minimum Gasteiger partial charge on any atom is -0.480 e. The van der Waals surface area contributed by atoms with E-state index in [2.05, 4.69) is 16.0 Å². The van der Waals surface area contributed by atoms with Crippen molar-refractivity contribution >= 4 is 23.9 Å². The number of hydrogen-bond acceptors (Lipinski definition) is 6. The van der Waals surface area contributed by atoms with Gasteiger partial charge < -0.3 is 30.9 Å². The number of rotatable bonds is 9. The molecule has 0 aromatic carbocycles. The van der Waals surface area contributed by atoms with Gasteiger partial charge >= 0.3 is 12.1 Å². The molecule has 5 N–H and O–H groups in total. The van der Waals surface area contributed by atoms with E-state index in [9.17, 15) is 24.3 Å². The summed E-state index contributed by atoms with van der Waals surface area (Å²) in [6.07, 6.45) is 0.721. The first-order valence-corrected chi connectivity index (χ1v) is 11.2. The SMILES string of the molecule is CC(C)[C@@H](NC(=O)OC(C)(C)C)C(=O)NCC1CCC(C(=O)N[C@H](C(=O)O)[C@H](C)O)CC1. The maximum atomic E-state index is 12.6. The highest BCUT2D eigenvalue weighted by Crippen LogP contribution is 2.28. The van der Waals surface area contributed by atoms with E-state index in [1.165, 1.54) is 6.92 Å². The Labute approximate surface area is 189 Å². The van der Waals surface area contributed by atoms with Crippen molar-refractivity contribution in [3.05, 3.63) is 0 Å². The van der Waals surface area contributed by atoms with Crippen LogP contribution in [-0.4, -0.2) is 64.4 Å². The molecular weight excluding hydrogens is 418 g/mol. The van der Waals surface area contributed by atoms with Crippen LogP contribution in [0.5, 0.6) is 0 Å². The Morgan fingerprint density at radius 3 is 1.97 bits per heavy atom. The van der Waals surface area contributed by atoms with Crippen LogP contribution >= 0.6 is 0 Å². The highest BCUT2D eigenvalue weighted by atomic mass is 16.6. The van der Waals surface area contributed by atoms with E-state index in [1.807, 2.05) is 13.8 Å². The average Bonchev–Trinajstić information content (AvgIpc) is 2.66. The third kappa shape index (κ3) is 9.42. The number of carboxylic acid groups (broad SMARTS) is 1. The molecule has 1 aliphatic carbocycles. The second-order valence-corrected chi connectivity index (χ2v) is 9.90. The Kier molecular flexibility index (Phi) is 10.4. The molecule has 32 heavy (non-hydrogen) atoms. The van der Waals surface area contributed by atoms with Gasteiger partial charge in [-0.25, -0.2) is 9.59 Å². The predicted molar refractivity (Wildman–Crippen MR) is 118 cm³/mol. The number of ether oxygens (including phenoxy) is 1. The van der Waals surface area contributed by atoms with Crippen LogP contribution in [-0.2, 0) is 19.1 Å². The maximum absolute atomic E-state index is 12.6. The average molecular weight is 458 g/mol. The monoisotopic (exact) mass is 457 g/mol. The molecule has 0 saturated heterocycles. The minimum absolute atomic E-state index is 0.127. The predicted octanol–water partition coefficient (Wildman–Crippen LogP) is 1.41. The summed E-state index contributed by atoms with van der Waals surface area (Å²) in [5.74, 6) is -2.19. The lowest BCUT2D eigenvalue weighted by atomic mass is 9.81. The molecule has 0 spiro atoms. The van der Waals surface area contributed by atoms with E-state index in [1.54, 1.807) is 20.8 Å². The summed E-state index contributed by atoms with van der Waals surface area (Å²) in [5.41, 5.74) is -0.660. The van der Waals surface area contributed by atoms with Crippen molar-refractivity contribution in [1.82, 2.24) is 16.0 Å². The molecule has 0 heterocycles. The Morgan fingerprint density at radius 1 is 0.969 bits per heavy atom. The summed E-state index contributed by atoms with van der Waals surface area (Å²) >= 11 is 0. The molecule has 10 heteroatoms. The molecular formula is C22H39N3O7. The van der Waals surface area contributed by atoms with Gasteiger partial charge in [-0.15, -0.1) is 0 Å². The summed E-state index contributed by atoms with van der Waals surface area (Å²) in [7, 11) is 0. The molecule has 1 saturated carbocycles. The third-order valence-corrected chi connectivity index (χ3v) is 5.45. The highest BCUT2D eigenvalue weighted by Gasteiger charge is 2.32. The van der Waals surface area contributed by atoms with Crippen LogP contribution in [0.2, 0.25) is 0 Å². The fourth-order valence-electron chi connectivity index (χ4n) is 3.61. The zero-order chi connectivity index (χ0) is 24.6. The number of nitrogens with one attached hydrogen (secondary N) is 3. The van der Waals surface area contributed by atoms with Crippen molar-refractivity contribution in [2.24, 2.45) is 17.8 Å². The van der Waals surface area contributed by atoms with Crippen LogP contribution in [0.4, 0.5) is 4.79 Å². The first-order valence-electron chi connectivity index (χ1n) is 11.2. The molecule has 0 bridgehead atoms. The van der Waals surface area contributed by atoms with Crippen molar-refractivity contribution < 1.29 is 34.1 Å². The van der Waals surface area contributed by atoms with Crippen LogP contribution in [0, 0.1) is 17.8 Å². The second-order valence-electron chi connectivity index (χ2n) is 9.90. The van der Waals surface area contributed by atoms with Crippen molar-refractivity contribution in [2.45, 2.75) is 91.0 Å². The van der Waals surface area contributed by atoms with E-state index in [0.29, 0.717) is 32.2 Å². The zero-order valence-electron chi connectivity index (χ0n) is 19.9. The molecule has 0 aliphatic heterocycles. The summed E-state index contributed by atoms with van der Waals surface area (Å²) in [4.78, 5) is 48.2. The summed E-state index contributed by atoms with van der Waals surface area (Å²) in [6.45, 7) is 10.7. The van der Waals surface area contributed by atoms with Gasteiger partial charge in [-0.3, -0.25) is 9.59 Å². The van der Waals surface area contributed by atoms with Crippen molar-refractivity contribution in [2.75, 3.05) is 6.54 Å². The fourth-order valence-corrected chi connectivity index (χ4v) is 3.61. The molecule has 3 atom stereocenters. The molecule has 0 aromatic rings. The van der Waals surface area contributed by atoms with Crippen LogP contribution in [0.1, 0.15) is 67.2 Å². The second kappa shape index (κ2) is 12.0. The topological polar surface area (TPSA) is 154 Å². The van der Waals surface area contributed by atoms with Gasteiger partial charge in [0.05, 0.1) is 6.10 Å². The molecule has 0 unspecified atom stereocenters. The lowest BCUT2D eigenvalue weighted by Gasteiger charge is -2.30. The van der Waals surface area contributed by atoms with Gasteiger partial charge in [-0.2, -0.15) is 0 Å². The Hall–Kier alpha value is -2.36. The van der Waals surface area contributed by atoms with Crippen molar-refractivity contribution in [3.63, 3.8) is 0 Å². The van der Waals surface area contributed by atoms with E-state index >= 15 is 0 Å². The summed E-state index contributed by atoms with van der Waals surface area (Å²) < 4.78 is 5.23. The van der Waals surface area contributed by atoms with Gasteiger partial charge in [0.15, 0.2) is 6.04 Å². The fraction of sp³-hybridized carbons (Fsp3) is 0.818. The highest BCUT2D eigenvalue weighted by molar-refractivity contribution is 5.86. The number of amides is 3. The number of carboxylic acids is 1. The van der Waals surface area contributed by atoms with Gasteiger partial charge in [0.1, 0.15) is 11.6 Å². The third-order valence-electron chi connectivity index (χ3n) is 5.45. The standard InChI is InChI=1S/C22H39N3O7/c1-12(2)16(25-21(31)32-22(4,5)6)19(28)23-11-14-7-9-15(10-8-14)18(27)24-17(13(3)26)20(29)30/h12-17,26H,7-11H2,1-6H3,(H,23,28)(H,24,27)(H,25,31)(H,29,30)/t13-,14?,15?,16+,17-/m0/s1. The van der Waals surface area contributed by atoms with E-state index in [-0.39, 0.29) is 29.6 Å². The van der Waals surface area contributed by atoms with Gasteiger partial charge in [-0.05, 0) is 65.2 Å². The number of aliphatic carboxylic acids is 1. The van der Waals surface area contributed by atoms with E-state index in [0.717, 1.165) is 0 Å². The quantitative estimate of drug-likeness (QED) is 0.351. The van der Waals surface area contributed by atoms with Crippen LogP contribution < -0.4 is 16.0 Å². The first kappa shape index (κ1) is 27.7. The van der Waals surface area contributed by atoms with Gasteiger partial charge in [0.25, 0.3) is 0 Å². The summed E-state index contributed by atoms with van der Waals surface area (Å²) in [5, 5.41) is 26.5. The van der Waals surface area contributed by atoms with Gasteiger partial charge in [0.2, 0.25) is 11.8 Å². The minimum atomic E-state index is -1.33. The molecule has 0 aromatic heterocycles. The van der Waals surface area contributed by atoms with Gasteiger partial charge in [-0.1, -0.05) is 13.8 Å². The zero-order valence-corrected chi connectivity index (χ0v) is 19.9. The normalized spacial score (nSPS) is 21.8. The molecule has 1 aliphatic rings. The van der Waals surface area contributed by atoms with Crippen molar-refractivity contribution in [3.8, 4) is 0 Å². The number of alkyl carbamates (subject to hydrolysis) is 1. The first-order chi connectivity index (χ1) is 14.7. The van der Waals surface area contributed by atoms with Crippen molar-refractivity contribution in [1.29, 1.82) is 0 Å². The number of aliphatic hydroxyl groups excluding tert-OH is 1. The molecule has 10 nitrogen and oxygen atoms in total. The lowest BCUT2D eigenvalue weighted by molar-refractivity contribution is -0.145.